The summed E-state index contributed by atoms with van der Waals surface area (Å²) in [4.78, 5) is 50.4. The Morgan fingerprint density at radius 3 is 2.26 bits per heavy atom. The molecular weight excluding hydrogens is 438 g/mol. The lowest BCUT2D eigenvalue weighted by Crippen LogP contribution is -2.64. The average Bonchev–Trinajstić information content (AvgIpc) is 3.12. The summed E-state index contributed by atoms with van der Waals surface area (Å²) < 4.78 is 5.53. The van der Waals surface area contributed by atoms with Crippen molar-refractivity contribution in [1.29, 1.82) is 0 Å². The van der Waals surface area contributed by atoms with Crippen molar-refractivity contribution in [2.24, 2.45) is 0 Å². The second-order valence-corrected chi connectivity index (χ2v) is 8.98. The number of nitrogens with one attached hydrogen (secondary N) is 2. The van der Waals surface area contributed by atoms with E-state index in [4.69, 9.17) is 9.84 Å². The molecule has 4 rings (SSSR count). The van der Waals surface area contributed by atoms with E-state index in [1.54, 1.807) is 0 Å². The first-order chi connectivity index (χ1) is 16.2. The minimum Gasteiger partial charge on any atom is -0.481 e. The molecule has 2 aromatic carbocycles. The number of carbonyl (C=O) groups excluding carboxylic acids is 3. The fraction of sp³-hybridized carbons (Fsp3) is 0.360. The second-order valence-electron chi connectivity index (χ2n) is 8.98. The predicted molar refractivity (Wildman–Crippen MR) is 123 cm³/mol. The lowest BCUT2D eigenvalue weighted by molar-refractivity contribution is -0.151. The molecule has 2 aliphatic rings. The van der Waals surface area contributed by atoms with Crippen molar-refractivity contribution in [3.63, 3.8) is 0 Å². The zero-order chi connectivity index (χ0) is 24.5. The van der Waals surface area contributed by atoms with E-state index in [-0.39, 0.29) is 25.6 Å². The Hall–Kier alpha value is -3.88. The quantitative estimate of drug-likeness (QED) is 0.600. The minimum absolute atomic E-state index is 0.0951. The van der Waals surface area contributed by atoms with Gasteiger partial charge in [0.15, 0.2) is 0 Å². The number of carboxylic acid groups (broad SMARTS) is 1. The molecule has 0 spiro atoms. The first-order valence-corrected chi connectivity index (χ1v) is 11.1. The van der Waals surface area contributed by atoms with E-state index in [9.17, 15) is 19.2 Å². The van der Waals surface area contributed by atoms with Crippen LogP contribution >= 0.6 is 0 Å². The Kier molecular flexibility index (Phi) is 6.28. The SMILES string of the molecule is CC(C)(NC(=O)OCC1c2ccccc2-c2ccccc21)C(=O)N1CCNC(=O)C1CC(=O)O. The Bertz CT molecular complexity index is 1100. The normalized spacial score (nSPS) is 17.4. The Labute approximate surface area is 197 Å². The number of alkyl carbamates (subject to hydrolysis) is 1. The number of hydrogen-bond donors (Lipinski definition) is 3. The van der Waals surface area contributed by atoms with E-state index in [2.05, 4.69) is 10.6 Å². The molecule has 1 fully saturated rings. The number of piperazine rings is 1. The van der Waals surface area contributed by atoms with Crippen LogP contribution in [0.4, 0.5) is 4.79 Å². The Balaban J connectivity index is 1.43. The molecule has 1 aliphatic carbocycles. The maximum atomic E-state index is 13.2. The van der Waals surface area contributed by atoms with E-state index < -0.39 is 41.9 Å². The second kappa shape index (κ2) is 9.17. The van der Waals surface area contributed by atoms with Gasteiger partial charge in [0.25, 0.3) is 0 Å². The van der Waals surface area contributed by atoms with Crippen molar-refractivity contribution < 1.29 is 29.0 Å². The molecule has 1 unspecified atom stereocenters. The topological polar surface area (TPSA) is 125 Å². The summed E-state index contributed by atoms with van der Waals surface area (Å²) in [6.07, 6.45) is -1.28. The van der Waals surface area contributed by atoms with Gasteiger partial charge in [-0.15, -0.1) is 0 Å². The zero-order valence-electron chi connectivity index (χ0n) is 19.0. The van der Waals surface area contributed by atoms with Crippen LogP contribution in [0.2, 0.25) is 0 Å². The van der Waals surface area contributed by atoms with Crippen LogP contribution in [0.1, 0.15) is 37.3 Å². The number of aliphatic carboxylic acids is 1. The number of ether oxygens (including phenoxy) is 1. The van der Waals surface area contributed by atoms with Gasteiger partial charge in [0.1, 0.15) is 18.2 Å². The first kappa shape index (κ1) is 23.3. The smallest absolute Gasteiger partial charge is 0.408 e. The van der Waals surface area contributed by atoms with Gasteiger partial charge in [-0.1, -0.05) is 48.5 Å². The van der Waals surface area contributed by atoms with Gasteiger partial charge < -0.3 is 25.4 Å². The molecule has 0 bridgehead atoms. The van der Waals surface area contributed by atoms with E-state index in [0.717, 1.165) is 22.3 Å². The highest BCUT2D eigenvalue weighted by Gasteiger charge is 2.42. The number of carboxylic acids is 1. The number of hydrogen-bond acceptors (Lipinski definition) is 5. The van der Waals surface area contributed by atoms with Gasteiger partial charge in [-0.2, -0.15) is 0 Å². The van der Waals surface area contributed by atoms with E-state index >= 15 is 0 Å². The van der Waals surface area contributed by atoms with Gasteiger partial charge in [-0.3, -0.25) is 14.4 Å². The van der Waals surface area contributed by atoms with Crippen LogP contribution < -0.4 is 10.6 Å². The summed E-state index contributed by atoms with van der Waals surface area (Å²) in [6.45, 7) is 3.46. The predicted octanol–water partition coefficient (Wildman–Crippen LogP) is 2.11. The highest BCUT2D eigenvalue weighted by atomic mass is 16.5. The number of amides is 3. The summed E-state index contributed by atoms with van der Waals surface area (Å²) in [5.41, 5.74) is 2.95. The largest absolute Gasteiger partial charge is 0.481 e. The molecular formula is C25H27N3O6. The molecule has 34 heavy (non-hydrogen) atoms. The monoisotopic (exact) mass is 465 g/mol. The fourth-order valence-corrected chi connectivity index (χ4v) is 4.63. The maximum absolute atomic E-state index is 13.2. The molecule has 0 radical (unpaired) electrons. The lowest BCUT2D eigenvalue weighted by Gasteiger charge is -2.39. The summed E-state index contributed by atoms with van der Waals surface area (Å²) in [7, 11) is 0. The molecule has 9 nitrogen and oxygen atoms in total. The third kappa shape index (κ3) is 4.46. The van der Waals surface area contributed by atoms with Crippen LogP contribution in [0, 0.1) is 0 Å². The lowest BCUT2D eigenvalue weighted by atomic mass is 9.98. The molecule has 1 saturated heterocycles. The van der Waals surface area contributed by atoms with Crippen LogP contribution in [0.3, 0.4) is 0 Å². The average molecular weight is 466 g/mol. The Morgan fingerprint density at radius 1 is 1.09 bits per heavy atom. The molecule has 2 aromatic rings. The van der Waals surface area contributed by atoms with Gasteiger partial charge in [-0.25, -0.2) is 4.79 Å². The summed E-state index contributed by atoms with van der Waals surface area (Å²) in [6, 6.07) is 14.8. The van der Waals surface area contributed by atoms with Crippen LogP contribution in [-0.2, 0) is 19.1 Å². The van der Waals surface area contributed by atoms with Gasteiger partial charge in [-0.05, 0) is 36.1 Å². The van der Waals surface area contributed by atoms with Crippen LogP contribution in [-0.4, -0.2) is 65.2 Å². The molecule has 1 heterocycles. The van der Waals surface area contributed by atoms with E-state index in [1.807, 2.05) is 48.5 Å². The van der Waals surface area contributed by atoms with E-state index in [0.29, 0.717) is 0 Å². The van der Waals surface area contributed by atoms with Gasteiger partial charge >= 0.3 is 12.1 Å². The van der Waals surface area contributed by atoms with E-state index in [1.165, 1.54) is 18.7 Å². The number of nitrogens with zero attached hydrogens (tertiary/aromatic N) is 1. The molecule has 178 valence electrons. The number of benzene rings is 2. The molecule has 0 aromatic heterocycles. The summed E-state index contributed by atoms with van der Waals surface area (Å²) in [5.74, 6) is -2.40. The zero-order valence-corrected chi connectivity index (χ0v) is 19.0. The molecule has 3 amide bonds. The number of rotatable bonds is 6. The Morgan fingerprint density at radius 2 is 1.68 bits per heavy atom. The third-order valence-electron chi connectivity index (χ3n) is 6.25. The van der Waals surface area contributed by atoms with Gasteiger partial charge in [0.2, 0.25) is 11.8 Å². The molecule has 9 heteroatoms. The highest BCUT2D eigenvalue weighted by molar-refractivity contribution is 5.95. The fourth-order valence-electron chi connectivity index (χ4n) is 4.63. The van der Waals surface area contributed by atoms with Crippen LogP contribution in [0.15, 0.2) is 48.5 Å². The number of carbonyl (C=O) groups is 4. The van der Waals surface area contributed by atoms with Crippen molar-refractivity contribution in [3.8, 4) is 11.1 Å². The summed E-state index contributed by atoms with van der Waals surface area (Å²) >= 11 is 0. The maximum Gasteiger partial charge on any atom is 0.408 e. The molecule has 1 atom stereocenters. The van der Waals surface area contributed by atoms with Gasteiger partial charge in [0.05, 0.1) is 6.42 Å². The van der Waals surface area contributed by atoms with Crippen molar-refractivity contribution in [2.75, 3.05) is 19.7 Å². The minimum atomic E-state index is -1.41. The molecule has 1 aliphatic heterocycles. The first-order valence-electron chi connectivity index (χ1n) is 11.1. The van der Waals surface area contributed by atoms with Crippen molar-refractivity contribution >= 4 is 23.9 Å². The highest BCUT2D eigenvalue weighted by Crippen LogP contribution is 2.44. The van der Waals surface area contributed by atoms with Crippen molar-refractivity contribution in [3.05, 3.63) is 59.7 Å². The van der Waals surface area contributed by atoms with Crippen molar-refractivity contribution in [1.82, 2.24) is 15.5 Å². The molecule has 3 N–H and O–H groups in total. The standard InChI is InChI=1S/C25H27N3O6/c1-25(2,23(32)28-12-11-26-22(31)20(28)13-21(29)30)27-24(33)34-14-19-17-9-5-3-7-15(17)16-8-4-6-10-18(16)19/h3-10,19-20H,11-14H2,1-2H3,(H,26,31)(H,27,33)(H,29,30). The third-order valence-corrected chi connectivity index (χ3v) is 6.25. The summed E-state index contributed by atoms with van der Waals surface area (Å²) in [5, 5.41) is 14.3. The van der Waals surface area contributed by atoms with Crippen LogP contribution in [0.25, 0.3) is 11.1 Å². The van der Waals surface area contributed by atoms with Crippen LogP contribution in [0.5, 0.6) is 0 Å². The van der Waals surface area contributed by atoms with Gasteiger partial charge in [0, 0.05) is 19.0 Å². The van der Waals surface area contributed by atoms with Crippen molar-refractivity contribution in [2.45, 2.75) is 37.8 Å². The molecule has 0 saturated carbocycles. The number of fused-ring (bicyclic) bond motifs is 3.